The van der Waals surface area contributed by atoms with Gasteiger partial charge in [0.25, 0.3) is 5.91 Å². The van der Waals surface area contributed by atoms with Crippen LogP contribution < -0.4 is 5.32 Å². The number of anilines is 1. The van der Waals surface area contributed by atoms with Gasteiger partial charge in [-0.05, 0) is 25.1 Å². The third kappa shape index (κ3) is 4.44. The Labute approximate surface area is 142 Å². The molecule has 1 amide bonds. The van der Waals surface area contributed by atoms with E-state index in [0.29, 0.717) is 18.7 Å². The Morgan fingerprint density at radius 1 is 1.12 bits per heavy atom. The van der Waals surface area contributed by atoms with Gasteiger partial charge in [0.15, 0.2) is 5.69 Å². The zero-order valence-corrected chi connectivity index (χ0v) is 13.2. The van der Waals surface area contributed by atoms with Crippen LogP contribution in [0, 0.1) is 0 Å². The molecule has 1 heterocycles. The van der Waals surface area contributed by atoms with Gasteiger partial charge in [-0.3, -0.25) is 9.48 Å². The molecular weight excluding hydrogens is 376 g/mol. The smallest absolute Gasteiger partial charge is 0.321 e. The summed E-state index contributed by atoms with van der Waals surface area (Å²) in [4.78, 5) is 12.1. The van der Waals surface area contributed by atoms with E-state index in [1.165, 1.54) is 10.9 Å². The maximum atomic E-state index is 12.8. The van der Waals surface area contributed by atoms with E-state index < -0.39 is 35.1 Å². The standard InChI is InChI=1S/C14H10ClF6N3O/c1-2-24-6-10(15)11(23-24)12(25)22-9-4-7(13(16,17)18)3-8(5-9)14(19,20)21/h3-6H,2H2,1H3,(H,22,25). The number of hydrogen-bond acceptors (Lipinski definition) is 2. The molecule has 0 radical (unpaired) electrons. The second-order valence-corrected chi connectivity index (χ2v) is 5.34. The van der Waals surface area contributed by atoms with Crippen LogP contribution in [0.5, 0.6) is 0 Å². The summed E-state index contributed by atoms with van der Waals surface area (Å²) in [5.74, 6) is -1.02. The average molecular weight is 386 g/mol. The van der Waals surface area contributed by atoms with Gasteiger partial charge in [-0.2, -0.15) is 31.4 Å². The van der Waals surface area contributed by atoms with E-state index in [2.05, 4.69) is 5.10 Å². The number of halogens is 7. The van der Waals surface area contributed by atoms with E-state index in [1.54, 1.807) is 6.92 Å². The minimum absolute atomic E-state index is 0.0333. The highest BCUT2D eigenvalue weighted by Crippen LogP contribution is 2.37. The summed E-state index contributed by atoms with van der Waals surface area (Å²) < 4.78 is 78.1. The lowest BCUT2D eigenvalue weighted by molar-refractivity contribution is -0.143. The lowest BCUT2D eigenvalue weighted by Gasteiger charge is -2.14. The number of hydrogen-bond donors (Lipinski definition) is 1. The predicted octanol–water partition coefficient (Wildman–Crippen LogP) is 4.85. The first-order valence-corrected chi connectivity index (χ1v) is 7.13. The number of carbonyl (C=O) groups is 1. The van der Waals surface area contributed by atoms with Crippen molar-refractivity contribution in [3.05, 3.63) is 46.2 Å². The van der Waals surface area contributed by atoms with Crippen molar-refractivity contribution in [2.75, 3.05) is 5.32 Å². The molecule has 1 aromatic heterocycles. The average Bonchev–Trinajstić information content (AvgIpc) is 2.86. The zero-order valence-electron chi connectivity index (χ0n) is 12.5. The Hall–Kier alpha value is -2.23. The lowest BCUT2D eigenvalue weighted by Crippen LogP contribution is -2.17. The van der Waals surface area contributed by atoms with Gasteiger partial charge < -0.3 is 5.32 Å². The van der Waals surface area contributed by atoms with E-state index in [-0.39, 0.29) is 16.8 Å². The summed E-state index contributed by atoms with van der Waals surface area (Å²) >= 11 is 5.79. The molecule has 0 aliphatic carbocycles. The molecule has 136 valence electrons. The maximum Gasteiger partial charge on any atom is 0.416 e. The largest absolute Gasteiger partial charge is 0.416 e. The topological polar surface area (TPSA) is 46.9 Å². The fraction of sp³-hybridized carbons (Fsp3) is 0.286. The van der Waals surface area contributed by atoms with Crippen molar-refractivity contribution in [1.82, 2.24) is 9.78 Å². The molecule has 4 nitrogen and oxygen atoms in total. The summed E-state index contributed by atoms with van der Waals surface area (Å²) in [6.45, 7) is 2.07. The summed E-state index contributed by atoms with van der Waals surface area (Å²) in [7, 11) is 0. The number of nitrogens with one attached hydrogen (secondary N) is 1. The number of amides is 1. The number of benzene rings is 1. The minimum Gasteiger partial charge on any atom is -0.321 e. The van der Waals surface area contributed by atoms with Gasteiger partial charge in [0.1, 0.15) is 0 Å². The Morgan fingerprint density at radius 2 is 1.64 bits per heavy atom. The number of aromatic nitrogens is 2. The molecule has 0 saturated carbocycles. The van der Waals surface area contributed by atoms with Crippen LogP contribution in [0.2, 0.25) is 5.02 Å². The lowest BCUT2D eigenvalue weighted by atomic mass is 10.1. The van der Waals surface area contributed by atoms with Crippen molar-refractivity contribution >= 4 is 23.2 Å². The molecule has 2 aromatic rings. The third-order valence-corrected chi connectivity index (χ3v) is 3.38. The second kappa shape index (κ2) is 6.58. The van der Waals surface area contributed by atoms with Crippen molar-refractivity contribution in [2.24, 2.45) is 0 Å². The molecule has 0 aliphatic heterocycles. The van der Waals surface area contributed by atoms with E-state index in [4.69, 9.17) is 11.6 Å². The summed E-state index contributed by atoms with van der Waals surface area (Å²) in [5.41, 5.74) is -4.06. The zero-order chi connectivity index (χ0) is 19.0. The van der Waals surface area contributed by atoms with Gasteiger partial charge >= 0.3 is 12.4 Å². The van der Waals surface area contributed by atoms with Gasteiger partial charge in [0, 0.05) is 18.4 Å². The van der Waals surface area contributed by atoms with Crippen molar-refractivity contribution in [3.63, 3.8) is 0 Å². The molecule has 0 spiro atoms. The SMILES string of the molecule is CCn1cc(Cl)c(C(=O)Nc2cc(C(F)(F)F)cc(C(F)(F)F)c2)n1. The van der Waals surface area contributed by atoms with Crippen LogP contribution in [0.1, 0.15) is 28.5 Å². The molecule has 0 saturated heterocycles. The van der Waals surface area contributed by atoms with Gasteiger partial charge in [-0.1, -0.05) is 11.6 Å². The Kier molecular flexibility index (Phi) is 5.03. The fourth-order valence-corrected chi connectivity index (χ4v) is 2.17. The highest BCUT2D eigenvalue weighted by Gasteiger charge is 2.37. The van der Waals surface area contributed by atoms with Crippen LogP contribution in [0.4, 0.5) is 32.0 Å². The monoisotopic (exact) mass is 385 g/mol. The van der Waals surface area contributed by atoms with E-state index >= 15 is 0 Å². The van der Waals surface area contributed by atoms with Crippen LogP contribution in [0.3, 0.4) is 0 Å². The minimum atomic E-state index is -5.01. The molecular formula is C14H10ClF6N3O. The number of rotatable bonds is 3. The van der Waals surface area contributed by atoms with Crippen LogP contribution in [-0.4, -0.2) is 15.7 Å². The molecule has 1 N–H and O–H groups in total. The Balaban J connectivity index is 2.41. The van der Waals surface area contributed by atoms with Crippen LogP contribution >= 0.6 is 11.6 Å². The van der Waals surface area contributed by atoms with Crippen LogP contribution in [0.15, 0.2) is 24.4 Å². The molecule has 0 atom stereocenters. The van der Waals surface area contributed by atoms with Gasteiger partial charge in [-0.15, -0.1) is 0 Å². The summed E-state index contributed by atoms with van der Waals surface area (Å²) in [6, 6.07) is 0.768. The number of nitrogens with zero attached hydrogens (tertiary/aromatic N) is 2. The van der Waals surface area contributed by atoms with Crippen molar-refractivity contribution in [3.8, 4) is 0 Å². The quantitative estimate of drug-likeness (QED) is 0.768. The van der Waals surface area contributed by atoms with E-state index in [1.807, 2.05) is 5.32 Å². The molecule has 25 heavy (non-hydrogen) atoms. The summed E-state index contributed by atoms with van der Waals surface area (Å²) in [5, 5.41) is 5.68. The third-order valence-electron chi connectivity index (χ3n) is 3.10. The Morgan fingerprint density at radius 3 is 2.04 bits per heavy atom. The normalized spacial score (nSPS) is 12.3. The highest BCUT2D eigenvalue weighted by molar-refractivity contribution is 6.34. The highest BCUT2D eigenvalue weighted by atomic mass is 35.5. The molecule has 2 rings (SSSR count). The predicted molar refractivity (Wildman–Crippen MR) is 77.3 cm³/mol. The van der Waals surface area contributed by atoms with Crippen molar-refractivity contribution < 1.29 is 31.1 Å². The van der Waals surface area contributed by atoms with Crippen LogP contribution in [0.25, 0.3) is 0 Å². The van der Waals surface area contributed by atoms with Gasteiger partial charge in [0.05, 0.1) is 16.1 Å². The second-order valence-electron chi connectivity index (χ2n) is 4.93. The van der Waals surface area contributed by atoms with E-state index in [0.717, 1.165) is 0 Å². The van der Waals surface area contributed by atoms with Crippen molar-refractivity contribution in [1.29, 1.82) is 0 Å². The first-order valence-electron chi connectivity index (χ1n) is 6.75. The molecule has 0 aliphatic rings. The van der Waals surface area contributed by atoms with Crippen LogP contribution in [-0.2, 0) is 18.9 Å². The van der Waals surface area contributed by atoms with Gasteiger partial charge in [0.2, 0.25) is 0 Å². The number of aryl methyl sites for hydroxylation is 1. The molecule has 11 heteroatoms. The van der Waals surface area contributed by atoms with Crippen molar-refractivity contribution in [2.45, 2.75) is 25.8 Å². The fourth-order valence-electron chi connectivity index (χ4n) is 1.93. The van der Waals surface area contributed by atoms with E-state index in [9.17, 15) is 31.1 Å². The molecule has 0 bridgehead atoms. The Bertz CT molecular complexity index is 765. The first kappa shape index (κ1) is 19.1. The maximum absolute atomic E-state index is 12.8. The number of alkyl halides is 6. The molecule has 0 unspecified atom stereocenters. The summed E-state index contributed by atoms with van der Waals surface area (Å²) in [6.07, 6.45) is -8.71. The number of carbonyl (C=O) groups excluding carboxylic acids is 1. The first-order chi connectivity index (χ1) is 11.4. The molecule has 0 fully saturated rings. The molecule has 1 aromatic carbocycles. The van der Waals surface area contributed by atoms with Gasteiger partial charge in [-0.25, -0.2) is 0 Å².